The normalized spacial score (nSPS) is 9.88. The molecule has 0 aliphatic heterocycles. The molecule has 6 heteroatoms. The highest BCUT2D eigenvalue weighted by molar-refractivity contribution is 5.90. The smallest absolute Gasteiger partial charge is 0.269 e. The molecule has 2 N–H and O–H groups in total. The SMILES string of the molecule is Cc1ccnc(-n2ccc(C(N)=O)n2)c1C#N. The summed E-state index contributed by atoms with van der Waals surface area (Å²) < 4.78 is 1.37. The maximum Gasteiger partial charge on any atom is 0.269 e. The second-order valence-corrected chi connectivity index (χ2v) is 3.45. The molecular formula is C11H9N5O. The van der Waals surface area contributed by atoms with E-state index in [1.807, 2.05) is 6.92 Å². The van der Waals surface area contributed by atoms with Gasteiger partial charge in [0.1, 0.15) is 11.8 Å². The van der Waals surface area contributed by atoms with Crippen molar-refractivity contribution >= 4 is 5.91 Å². The van der Waals surface area contributed by atoms with E-state index in [1.165, 1.54) is 10.7 Å². The Morgan fingerprint density at radius 3 is 2.88 bits per heavy atom. The van der Waals surface area contributed by atoms with Crippen LogP contribution in [0, 0.1) is 18.3 Å². The van der Waals surface area contributed by atoms with Crippen LogP contribution < -0.4 is 5.73 Å². The van der Waals surface area contributed by atoms with Gasteiger partial charge in [-0.1, -0.05) is 0 Å². The zero-order chi connectivity index (χ0) is 12.4. The van der Waals surface area contributed by atoms with Gasteiger partial charge in [0.2, 0.25) is 0 Å². The van der Waals surface area contributed by atoms with Crippen molar-refractivity contribution in [1.82, 2.24) is 14.8 Å². The summed E-state index contributed by atoms with van der Waals surface area (Å²) in [4.78, 5) is 15.0. The molecule has 2 aromatic rings. The van der Waals surface area contributed by atoms with Crippen molar-refractivity contribution in [2.45, 2.75) is 6.92 Å². The van der Waals surface area contributed by atoms with Crippen LogP contribution >= 0.6 is 0 Å². The Hall–Kier alpha value is -2.68. The Bertz CT molecular complexity index is 623. The Morgan fingerprint density at radius 1 is 1.53 bits per heavy atom. The van der Waals surface area contributed by atoms with E-state index >= 15 is 0 Å². The van der Waals surface area contributed by atoms with Crippen LogP contribution in [0.2, 0.25) is 0 Å². The maximum atomic E-state index is 10.9. The summed E-state index contributed by atoms with van der Waals surface area (Å²) in [6, 6.07) is 5.28. The molecule has 17 heavy (non-hydrogen) atoms. The summed E-state index contributed by atoms with van der Waals surface area (Å²) in [5.41, 5.74) is 6.46. The van der Waals surface area contributed by atoms with Gasteiger partial charge in [-0.3, -0.25) is 4.79 Å². The second-order valence-electron chi connectivity index (χ2n) is 3.45. The fourth-order valence-corrected chi connectivity index (χ4v) is 1.43. The number of rotatable bonds is 2. The quantitative estimate of drug-likeness (QED) is 0.809. The molecule has 0 aliphatic carbocycles. The Kier molecular flexibility index (Phi) is 2.58. The van der Waals surface area contributed by atoms with E-state index in [9.17, 15) is 4.79 Å². The van der Waals surface area contributed by atoms with Gasteiger partial charge < -0.3 is 5.73 Å². The summed E-state index contributed by atoms with van der Waals surface area (Å²) >= 11 is 0. The zero-order valence-corrected chi connectivity index (χ0v) is 9.08. The third-order valence-corrected chi connectivity index (χ3v) is 2.31. The first-order chi connectivity index (χ1) is 8.13. The number of primary amides is 1. The molecule has 0 atom stereocenters. The maximum absolute atomic E-state index is 10.9. The number of hydrogen-bond acceptors (Lipinski definition) is 4. The lowest BCUT2D eigenvalue weighted by Crippen LogP contribution is -2.12. The number of carbonyl (C=O) groups is 1. The lowest BCUT2D eigenvalue weighted by Gasteiger charge is -2.04. The van der Waals surface area contributed by atoms with Gasteiger partial charge >= 0.3 is 0 Å². The fraction of sp³-hybridized carbons (Fsp3) is 0.0909. The number of carbonyl (C=O) groups excluding carboxylic acids is 1. The monoisotopic (exact) mass is 227 g/mol. The first-order valence-electron chi connectivity index (χ1n) is 4.85. The molecule has 2 aromatic heterocycles. The third-order valence-electron chi connectivity index (χ3n) is 2.31. The van der Waals surface area contributed by atoms with Crippen molar-refractivity contribution in [1.29, 1.82) is 5.26 Å². The molecule has 0 saturated carbocycles. The van der Waals surface area contributed by atoms with E-state index in [2.05, 4.69) is 16.2 Å². The molecule has 2 rings (SSSR count). The molecule has 84 valence electrons. The van der Waals surface area contributed by atoms with E-state index in [0.717, 1.165) is 5.56 Å². The molecule has 2 heterocycles. The Balaban J connectivity index is 2.57. The first-order valence-corrected chi connectivity index (χ1v) is 4.85. The minimum atomic E-state index is -0.616. The van der Waals surface area contributed by atoms with E-state index in [0.29, 0.717) is 11.4 Å². The number of hydrogen-bond donors (Lipinski definition) is 1. The standard InChI is InChI=1S/C11H9N5O/c1-7-2-4-14-11(8(7)6-12)16-5-3-9(15-16)10(13)17/h2-5H,1H3,(H2,13,17). The van der Waals surface area contributed by atoms with Gasteiger partial charge in [0.15, 0.2) is 5.82 Å². The molecular weight excluding hydrogens is 218 g/mol. The lowest BCUT2D eigenvalue weighted by atomic mass is 10.1. The summed E-state index contributed by atoms with van der Waals surface area (Å²) in [6.07, 6.45) is 3.12. The molecule has 1 amide bonds. The van der Waals surface area contributed by atoms with Crippen molar-refractivity contribution in [3.63, 3.8) is 0 Å². The minimum absolute atomic E-state index is 0.136. The highest BCUT2D eigenvalue weighted by atomic mass is 16.1. The largest absolute Gasteiger partial charge is 0.364 e. The van der Waals surface area contributed by atoms with Gasteiger partial charge in [-0.2, -0.15) is 10.4 Å². The molecule has 0 aliphatic rings. The van der Waals surface area contributed by atoms with Crippen LogP contribution in [0.15, 0.2) is 24.5 Å². The van der Waals surface area contributed by atoms with Crippen molar-refractivity contribution in [2.75, 3.05) is 0 Å². The summed E-state index contributed by atoms with van der Waals surface area (Å²) in [6.45, 7) is 1.81. The number of amides is 1. The average molecular weight is 227 g/mol. The molecule has 0 unspecified atom stereocenters. The number of nitriles is 1. The van der Waals surface area contributed by atoms with Gasteiger partial charge in [0.05, 0.1) is 5.56 Å². The van der Waals surface area contributed by atoms with Gasteiger partial charge in [0, 0.05) is 12.4 Å². The molecule has 0 fully saturated rings. The molecule has 0 saturated heterocycles. The van der Waals surface area contributed by atoms with Gasteiger partial charge in [0.25, 0.3) is 5.91 Å². The van der Waals surface area contributed by atoms with Gasteiger partial charge in [-0.05, 0) is 24.6 Å². The Morgan fingerprint density at radius 2 is 2.29 bits per heavy atom. The van der Waals surface area contributed by atoms with E-state index < -0.39 is 5.91 Å². The second kappa shape index (κ2) is 4.06. The van der Waals surface area contributed by atoms with Crippen LogP contribution in [0.25, 0.3) is 5.82 Å². The summed E-state index contributed by atoms with van der Waals surface area (Å²) in [5.74, 6) is -0.227. The van der Waals surface area contributed by atoms with E-state index in [-0.39, 0.29) is 5.69 Å². The molecule has 0 aromatic carbocycles. The van der Waals surface area contributed by atoms with Crippen LogP contribution in [-0.4, -0.2) is 20.7 Å². The molecule has 0 spiro atoms. The number of aromatic nitrogens is 3. The van der Waals surface area contributed by atoms with Crippen LogP contribution in [0.4, 0.5) is 0 Å². The zero-order valence-electron chi connectivity index (χ0n) is 9.08. The van der Waals surface area contributed by atoms with E-state index in [4.69, 9.17) is 11.0 Å². The van der Waals surface area contributed by atoms with Crippen LogP contribution in [0.1, 0.15) is 21.6 Å². The summed E-state index contributed by atoms with van der Waals surface area (Å²) in [7, 11) is 0. The number of nitrogens with zero attached hydrogens (tertiary/aromatic N) is 4. The van der Waals surface area contributed by atoms with Crippen LogP contribution in [0.3, 0.4) is 0 Å². The lowest BCUT2D eigenvalue weighted by molar-refractivity contribution is 0.0995. The van der Waals surface area contributed by atoms with Crippen molar-refractivity contribution in [3.05, 3.63) is 41.3 Å². The third kappa shape index (κ3) is 1.86. The highest BCUT2D eigenvalue weighted by Crippen LogP contribution is 2.14. The topological polar surface area (TPSA) is 97.6 Å². The van der Waals surface area contributed by atoms with Crippen molar-refractivity contribution in [2.24, 2.45) is 5.73 Å². The number of nitrogens with two attached hydrogens (primary N) is 1. The predicted octanol–water partition coefficient (Wildman–Crippen LogP) is 0.546. The van der Waals surface area contributed by atoms with Gasteiger partial charge in [-0.25, -0.2) is 9.67 Å². The van der Waals surface area contributed by atoms with E-state index in [1.54, 1.807) is 18.5 Å². The molecule has 6 nitrogen and oxygen atoms in total. The van der Waals surface area contributed by atoms with Crippen molar-refractivity contribution in [3.8, 4) is 11.9 Å². The first kappa shape index (κ1) is 10.8. The van der Waals surface area contributed by atoms with Crippen LogP contribution in [-0.2, 0) is 0 Å². The number of aryl methyl sites for hydroxylation is 1. The number of pyridine rings is 1. The fourth-order valence-electron chi connectivity index (χ4n) is 1.43. The highest BCUT2D eigenvalue weighted by Gasteiger charge is 2.11. The Labute approximate surface area is 97.3 Å². The molecule has 0 radical (unpaired) electrons. The summed E-state index contributed by atoms with van der Waals surface area (Å²) in [5, 5.41) is 13.0. The van der Waals surface area contributed by atoms with Gasteiger partial charge in [-0.15, -0.1) is 0 Å². The average Bonchev–Trinajstić information content (AvgIpc) is 2.77. The van der Waals surface area contributed by atoms with Crippen LogP contribution in [0.5, 0.6) is 0 Å². The van der Waals surface area contributed by atoms with Crippen molar-refractivity contribution < 1.29 is 4.79 Å². The molecule has 0 bridgehead atoms. The minimum Gasteiger partial charge on any atom is -0.364 e. The predicted molar refractivity (Wildman–Crippen MR) is 59.3 cm³/mol.